The summed E-state index contributed by atoms with van der Waals surface area (Å²) in [6.45, 7) is 2.62. The fourth-order valence-corrected chi connectivity index (χ4v) is 1.34. The minimum atomic E-state index is -0.532. The van der Waals surface area contributed by atoms with Gasteiger partial charge in [0.05, 0.1) is 6.04 Å². The molecule has 0 heterocycles. The highest BCUT2D eigenvalue weighted by Gasteiger charge is 2.29. The van der Waals surface area contributed by atoms with E-state index in [0.717, 1.165) is 12.8 Å². The zero-order valence-electron chi connectivity index (χ0n) is 10.7. The number of rotatable bonds is 6. The van der Waals surface area contributed by atoms with Gasteiger partial charge >= 0.3 is 6.03 Å². The molecule has 0 spiro atoms. The Bertz CT molecular complexity index is 328. The fourth-order valence-electron chi connectivity index (χ4n) is 1.34. The summed E-state index contributed by atoms with van der Waals surface area (Å²) in [6.07, 6.45) is 1.95. The first-order valence-electron chi connectivity index (χ1n) is 6.08. The van der Waals surface area contributed by atoms with Crippen LogP contribution < -0.4 is 21.3 Å². The molecule has 0 saturated heterocycles. The number of carbonyl (C=O) groups is 3. The van der Waals surface area contributed by atoms with Crippen molar-refractivity contribution in [3.63, 3.8) is 0 Å². The number of imide groups is 1. The molecule has 0 aromatic heterocycles. The van der Waals surface area contributed by atoms with Gasteiger partial charge in [0.1, 0.15) is 0 Å². The number of hydrogen-bond acceptors (Lipinski definition) is 4. The van der Waals surface area contributed by atoms with Gasteiger partial charge in [-0.1, -0.05) is 0 Å². The van der Waals surface area contributed by atoms with Crippen molar-refractivity contribution in [1.82, 2.24) is 21.3 Å². The second-order valence-corrected chi connectivity index (χ2v) is 4.31. The predicted octanol–water partition coefficient (Wildman–Crippen LogP) is -1.05. The van der Waals surface area contributed by atoms with Crippen molar-refractivity contribution in [2.75, 3.05) is 20.1 Å². The van der Waals surface area contributed by atoms with Crippen LogP contribution in [0.4, 0.5) is 4.79 Å². The number of urea groups is 1. The molecule has 0 aromatic carbocycles. The topological polar surface area (TPSA) is 99.3 Å². The largest absolute Gasteiger partial charge is 0.355 e. The van der Waals surface area contributed by atoms with E-state index >= 15 is 0 Å². The van der Waals surface area contributed by atoms with Crippen LogP contribution in [0.15, 0.2) is 0 Å². The van der Waals surface area contributed by atoms with Crippen LogP contribution in [0.5, 0.6) is 0 Å². The lowest BCUT2D eigenvalue weighted by atomic mass is 10.3. The minimum absolute atomic E-state index is 0.0827. The van der Waals surface area contributed by atoms with Crippen LogP contribution in [-0.4, -0.2) is 44.0 Å². The zero-order chi connectivity index (χ0) is 13.5. The molecule has 0 aromatic rings. The SMILES string of the molecule is CNC(=O)NC(=O)C(C)NCCNC(=O)C1CC1. The van der Waals surface area contributed by atoms with Gasteiger partial charge in [-0.3, -0.25) is 14.9 Å². The van der Waals surface area contributed by atoms with Gasteiger partial charge in [0, 0.05) is 26.1 Å². The van der Waals surface area contributed by atoms with E-state index in [0.29, 0.717) is 13.1 Å². The average molecular weight is 256 g/mol. The van der Waals surface area contributed by atoms with E-state index in [2.05, 4.69) is 21.3 Å². The predicted molar refractivity (Wildman–Crippen MR) is 65.8 cm³/mol. The highest BCUT2D eigenvalue weighted by atomic mass is 16.2. The highest BCUT2D eigenvalue weighted by molar-refractivity contribution is 5.96. The van der Waals surface area contributed by atoms with E-state index in [4.69, 9.17) is 0 Å². The van der Waals surface area contributed by atoms with Crippen LogP contribution in [0.2, 0.25) is 0 Å². The van der Waals surface area contributed by atoms with E-state index in [9.17, 15) is 14.4 Å². The third-order valence-corrected chi connectivity index (χ3v) is 2.68. The Kier molecular flexibility index (Phi) is 5.57. The number of nitrogens with one attached hydrogen (secondary N) is 4. The molecule has 102 valence electrons. The second kappa shape index (κ2) is 6.95. The molecule has 1 rings (SSSR count). The standard InChI is InChI=1S/C11H20N4O3/c1-7(9(16)15-11(18)12-2)13-5-6-14-10(17)8-3-4-8/h7-8,13H,3-6H2,1-2H3,(H,14,17)(H2,12,15,16,18). The fraction of sp³-hybridized carbons (Fsp3) is 0.727. The molecular formula is C11H20N4O3. The quantitative estimate of drug-likeness (QED) is 0.455. The zero-order valence-corrected chi connectivity index (χ0v) is 10.7. The summed E-state index contributed by atoms with van der Waals surface area (Å²) in [5.41, 5.74) is 0. The Morgan fingerprint density at radius 3 is 2.44 bits per heavy atom. The molecule has 0 aliphatic heterocycles. The van der Waals surface area contributed by atoms with Crippen molar-refractivity contribution < 1.29 is 14.4 Å². The molecular weight excluding hydrogens is 236 g/mol. The van der Waals surface area contributed by atoms with E-state index in [1.54, 1.807) is 6.92 Å². The van der Waals surface area contributed by atoms with Crippen molar-refractivity contribution in [3.05, 3.63) is 0 Å². The first-order chi connectivity index (χ1) is 8.54. The van der Waals surface area contributed by atoms with Crippen LogP contribution in [0.1, 0.15) is 19.8 Å². The van der Waals surface area contributed by atoms with Gasteiger partial charge in [-0.25, -0.2) is 4.79 Å². The normalized spacial score (nSPS) is 15.7. The van der Waals surface area contributed by atoms with E-state index < -0.39 is 18.0 Å². The minimum Gasteiger partial charge on any atom is -0.355 e. The third kappa shape index (κ3) is 5.13. The number of amides is 4. The van der Waals surface area contributed by atoms with Crippen molar-refractivity contribution in [2.45, 2.75) is 25.8 Å². The Morgan fingerprint density at radius 2 is 1.89 bits per heavy atom. The molecule has 0 bridgehead atoms. The van der Waals surface area contributed by atoms with Gasteiger partial charge in [0.15, 0.2) is 0 Å². The van der Waals surface area contributed by atoms with Crippen LogP contribution in [0.3, 0.4) is 0 Å². The van der Waals surface area contributed by atoms with Crippen molar-refractivity contribution in [2.24, 2.45) is 5.92 Å². The molecule has 1 fully saturated rings. The Morgan fingerprint density at radius 1 is 1.22 bits per heavy atom. The maximum atomic E-state index is 11.4. The van der Waals surface area contributed by atoms with Crippen LogP contribution in [-0.2, 0) is 9.59 Å². The van der Waals surface area contributed by atoms with Gasteiger partial charge < -0.3 is 16.0 Å². The molecule has 4 amide bonds. The lowest BCUT2D eigenvalue weighted by Crippen LogP contribution is -2.48. The Balaban J connectivity index is 2.08. The first kappa shape index (κ1) is 14.4. The molecule has 1 saturated carbocycles. The lowest BCUT2D eigenvalue weighted by molar-refractivity contribution is -0.122. The summed E-state index contributed by atoms with van der Waals surface area (Å²) in [4.78, 5) is 33.6. The maximum absolute atomic E-state index is 11.4. The summed E-state index contributed by atoms with van der Waals surface area (Å²) in [7, 11) is 1.44. The maximum Gasteiger partial charge on any atom is 0.321 e. The first-order valence-corrected chi connectivity index (χ1v) is 6.08. The number of carbonyl (C=O) groups excluding carboxylic acids is 3. The molecule has 18 heavy (non-hydrogen) atoms. The summed E-state index contributed by atoms with van der Waals surface area (Å²) < 4.78 is 0. The highest BCUT2D eigenvalue weighted by Crippen LogP contribution is 2.28. The molecule has 1 aliphatic carbocycles. The molecule has 7 heteroatoms. The van der Waals surface area contributed by atoms with E-state index in [1.807, 2.05) is 0 Å². The lowest BCUT2D eigenvalue weighted by Gasteiger charge is -2.13. The molecule has 1 unspecified atom stereocenters. The summed E-state index contributed by atoms with van der Waals surface area (Å²) >= 11 is 0. The second-order valence-electron chi connectivity index (χ2n) is 4.31. The molecule has 1 aliphatic rings. The number of hydrogen-bond donors (Lipinski definition) is 4. The summed E-state index contributed by atoms with van der Waals surface area (Å²) in [5, 5.41) is 10.2. The Hall–Kier alpha value is -1.63. The monoisotopic (exact) mass is 256 g/mol. The van der Waals surface area contributed by atoms with Crippen LogP contribution in [0.25, 0.3) is 0 Å². The van der Waals surface area contributed by atoms with Gasteiger partial charge in [-0.2, -0.15) is 0 Å². The van der Waals surface area contributed by atoms with Gasteiger partial charge in [-0.15, -0.1) is 0 Å². The van der Waals surface area contributed by atoms with Gasteiger partial charge in [-0.05, 0) is 19.8 Å². The van der Waals surface area contributed by atoms with E-state index in [1.165, 1.54) is 7.05 Å². The van der Waals surface area contributed by atoms with Gasteiger partial charge in [0.25, 0.3) is 0 Å². The third-order valence-electron chi connectivity index (χ3n) is 2.68. The molecule has 7 nitrogen and oxygen atoms in total. The van der Waals surface area contributed by atoms with Gasteiger partial charge in [0.2, 0.25) is 11.8 Å². The van der Waals surface area contributed by atoms with Crippen LogP contribution in [0, 0.1) is 5.92 Å². The summed E-state index contributed by atoms with van der Waals surface area (Å²) in [6, 6.07) is -1.02. The molecule has 0 radical (unpaired) electrons. The van der Waals surface area contributed by atoms with Crippen LogP contribution >= 0.6 is 0 Å². The Labute approximate surface area is 106 Å². The van der Waals surface area contributed by atoms with E-state index in [-0.39, 0.29) is 11.8 Å². The average Bonchev–Trinajstić information content (AvgIpc) is 3.17. The van der Waals surface area contributed by atoms with Crippen molar-refractivity contribution in [3.8, 4) is 0 Å². The van der Waals surface area contributed by atoms with Crippen molar-refractivity contribution >= 4 is 17.8 Å². The smallest absolute Gasteiger partial charge is 0.321 e. The van der Waals surface area contributed by atoms with Crippen molar-refractivity contribution in [1.29, 1.82) is 0 Å². The summed E-state index contributed by atoms with van der Waals surface area (Å²) in [5.74, 6) is -0.124. The molecule has 1 atom stereocenters. The molecule has 4 N–H and O–H groups in total.